The van der Waals surface area contributed by atoms with Crippen LogP contribution in [0.3, 0.4) is 0 Å². The molecule has 0 radical (unpaired) electrons. The molecule has 2 aliphatic heterocycles. The zero-order valence-corrected chi connectivity index (χ0v) is 8.54. The summed E-state index contributed by atoms with van der Waals surface area (Å²) in [7, 11) is 0. The minimum absolute atomic E-state index is 0.0228. The van der Waals surface area contributed by atoms with Gasteiger partial charge in [0, 0.05) is 4.75 Å². The van der Waals surface area contributed by atoms with Crippen molar-refractivity contribution in [2.45, 2.75) is 36.1 Å². The highest BCUT2D eigenvalue weighted by Crippen LogP contribution is 2.49. The van der Waals surface area contributed by atoms with E-state index < -0.39 is 0 Å². The average molecular weight is 202 g/mol. The monoisotopic (exact) mass is 202 g/mol. The van der Waals surface area contributed by atoms with Crippen LogP contribution in [0.15, 0.2) is 0 Å². The number of hydrogen-bond acceptors (Lipinski definition) is 4. The minimum Gasteiger partial charge on any atom is -0.394 e. The number of carbonyl (C=O) groups excluding carboxylic acids is 1. The number of amides is 1. The number of β-lactam (4-membered cyclic amide) rings is 1. The van der Waals surface area contributed by atoms with Crippen LogP contribution in [0.2, 0.25) is 0 Å². The lowest BCUT2D eigenvalue weighted by atomic mass is 9.97. The highest BCUT2D eigenvalue weighted by atomic mass is 32.2. The van der Waals surface area contributed by atoms with E-state index in [1.54, 1.807) is 16.7 Å². The molecule has 13 heavy (non-hydrogen) atoms. The third-order valence-electron chi connectivity index (χ3n) is 2.86. The molecule has 2 rings (SSSR count). The molecule has 0 saturated carbocycles. The number of fused-ring (bicyclic) bond motifs is 1. The van der Waals surface area contributed by atoms with Gasteiger partial charge in [0.25, 0.3) is 0 Å². The summed E-state index contributed by atoms with van der Waals surface area (Å²) in [6.07, 6.45) is 0. The molecule has 0 bridgehead atoms. The first-order chi connectivity index (χ1) is 5.99. The molecule has 2 fully saturated rings. The van der Waals surface area contributed by atoms with Crippen molar-refractivity contribution in [2.24, 2.45) is 5.73 Å². The van der Waals surface area contributed by atoms with Gasteiger partial charge >= 0.3 is 0 Å². The molecule has 0 aromatic rings. The SMILES string of the molecule is CC1(C)SC2C(N)C(=O)N2C1CO. The first-order valence-electron chi connectivity index (χ1n) is 4.35. The molecule has 0 aliphatic carbocycles. The van der Waals surface area contributed by atoms with Gasteiger partial charge in [-0.2, -0.15) is 0 Å². The molecule has 5 heteroatoms. The maximum absolute atomic E-state index is 11.4. The molecule has 3 atom stereocenters. The van der Waals surface area contributed by atoms with Crippen LogP contribution in [0.25, 0.3) is 0 Å². The number of nitrogens with two attached hydrogens (primary N) is 1. The van der Waals surface area contributed by atoms with Crippen molar-refractivity contribution < 1.29 is 9.90 Å². The Morgan fingerprint density at radius 1 is 1.69 bits per heavy atom. The van der Waals surface area contributed by atoms with Crippen molar-refractivity contribution in [3.63, 3.8) is 0 Å². The van der Waals surface area contributed by atoms with Gasteiger partial charge in [0.05, 0.1) is 12.6 Å². The van der Waals surface area contributed by atoms with Gasteiger partial charge in [0.2, 0.25) is 5.91 Å². The molecule has 0 aromatic carbocycles. The van der Waals surface area contributed by atoms with Crippen LogP contribution in [0.1, 0.15) is 13.8 Å². The molecule has 2 heterocycles. The summed E-state index contributed by atoms with van der Waals surface area (Å²) in [5.74, 6) is -0.0258. The second-order valence-electron chi connectivity index (χ2n) is 4.08. The zero-order valence-electron chi connectivity index (χ0n) is 7.73. The summed E-state index contributed by atoms with van der Waals surface area (Å²) < 4.78 is -0.0802. The van der Waals surface area contributed by atoms with Crippen LogP contribution < -0.4 is 5.73 Å². The van der Waals surface area contributed by atoms with Gasteiger partial charge < -0.3 is 15.7 Å². The van der Waals surface area contributed by atoms with Crippen LogP contribution in [0.4, 0.5) is 0 Å². The van der Waals surface area contributed by atoms with Gasteiger partial charge in [-0.3, -0.25) is 4.79 Å². The number of hydrogen-bond donors (Lipinski definition) is 2. The smallest absolute Gasteiger partial charge is 0.243 e. The highest BCUT2D eigenvalue weighted by Gasteiger charge is 2.59. The van der Waals surface area contributed by atoms with E-state index in [2.05, 4.69) is 0 Å². The van der Waals surface area contributed by atoms with Gasteiger partial charge in [0.1, 0.15) is 11.4 Å². The Labute approximate surface area is 81.5 Å². The number of nitrogens with zero attached hydrogens (tertiary/aromatic N) is 1. The van der Waals surface area contributed by atoms with Crippen molar-refractivity contribution >= 4 is 17.7 Å². The van der Waals surface area contributed by atoms with Crippen molar-refractivity contribution in [2.75, 3.05) is 6.61 Å². The fourth-order valence-electron chi connectivity index (χ4n) is 2.00. The van der Waals surface area contributed by atoms with Gasteiger partial charge in [0.15, 0.2) is 0 Å². The number of rotatable bonds is 1. The predicted molar refractivity (Wildman–Crippen MR) is 51.2 cm³/mol. The molecule has 3 unspecified atom stereocenters. The third-order valence-corrected chi connectivity index (χ3v) is 4.50. The quantitative estimate of drug-likeness (QED) is 0.556. The summed E-state index contributed by atoms with van der Waals surface area (Å²) in [5, 5.41) is 9.26. The number of aliphatic hydroxyl groups is 1. The Morgan fingerprint density at radius 2 is 2.31 bits per heavy atom. The standard InChI is InChI=1S/C8H14N2O2S/c1-8(2)4(3-11)10-6(12)5(9)7(10)13-8/h4-5,7,11H,3,9H2,1-2H3. The first-order valence-corrected chi connectivity index (χ1v) is 5.23. The molecule has 3 N–H and O–H groups in total. The van der Waals surface area contributed by atoms with Crippen LogP contribution in [-0.4, -0.2) is 44.7 Å². The van der Waals surface area contributed by atoms with Crippen molar-refractivity contribution in [3.05, 3.63) is 0 Å². The Kier molecular flexibility index (Phi) is 1.87. The Hall–Kier alpha value is -0.260. The molecule has 0 spiro atoms. The van der Waals surface area contributed by atoms with E-state index in [-0.39, 0.29) is 34.7 Å². The van der Waals surface area contributed by atoms with Crippen LogP contribution in [-0.2, 0) is 4.79 Å². The van der Waals surface area contributed by atoms with E-state index in [9.17, 15) is 9.90 Å². The summed E-state index contributed by atoms with van der Waals surface area (Å²) >= 11 is 1.68. The summed E-state index contributed by atoms with van der Waals surface area (Å²) in [6, 6.07) is -0.435. The highest BCUT2D eigenvalue weighted by molar-refractivity contribution is 8.01. The normalized spacial score (nSPS) is 41.7. The summed E-state index contributed by atoms with van der Waals surface area (Å²) in [4.78, 5) is 13.1. The molecular formula is C8H14N2O2S. The van der Waals surface area contributed by atoms with Crippen LogP contribution >= 0.6 is 11.8 Å². The first kappa shape index (κ1) is 9.30. The second kappa shape index (κ2) is 2.62. The maximum Gasteiger partial charge on any atom is 0.243 e. The lowest BCUT2D eigenvalue weighted by Gasteiger charge is -2.42. The van der Waals surface area contributed by atoms with E-state index in [1.165, 1.54) is 0 Å². The summed E-state index contributed by atoms with van der Waals surface area (Å²) in [6.45, 7) is 4.10. The lowest BCUT2D eigenvalue weighted by Crippen LogP contribution is -2.68. The van der Waals surface area contributed by atoms with Gasteiger partial charge in [-0.1, -0.05) is 0 Å². The van der Waals surface area contributed by atoms with Crippen molar-refractivity contribution in [1.29, 1.82) is 0 Å². The predicted octanol–water partition coefficient (Wildman–Crippen LogP) is -0.632. The van der Waals surface area contributed by atoms with E-state index in [0.29, 0.717) is 0 Å². The molecule has 2 aliphatic rings. The van der Waals surface area contributed by atoms with E-state index >= 15 is 0 Å². The molecule has 1 amide bonds. The third kappa shape index (κ3) is 1.04. The topological polar surface area (TPSA) is 66.6 Å². The van der Waals surface area contributed by atoms with E-state index in [4.69, 9.17) is 5.73 Å². The van der Waals surface area contributed by atoms with Crippen LogP contribution in [0, 0.1) is 0 Å². The maximum atomic E-state index is 11.4. The Bertz CT molecular complexity index is 257. The Balaban J connectivity index is 2.24. The molecule has 4 nitrogen and oxygen atoms in total. The fraction of sp³-hybridized carbons (Fsp3) is 0.875. The fourth-order valence-corrected chi connectivity index (χ4v) is 3.60. The molecule has 0 aromatic heterocycles. The Morgan fingerprint density at radius 3 is 2.85 bits per heavy atom. The minimum atomic E-state index is -0.360. The number of aliphatic hydroxyl groups excluding tert-OH is 1. The van der Waals surface area contributed by atoms with Gasteiger partial charge in [-0.15, -0.1) is 11.8 Å². The van der Waals surface area contributed by atoms with Gasteiger partial charge in [-0.05, 0) is 13.8 Å². The van der Waals surface area contributed by atoms with E-state index in [1.807, 2.05) is 13.8 Å². The van der Waals surface area contributed by atoms with Crippen LogP contribution in [0.5, 0.6) is 0 Å². The number of thioether (sulfide) groups is 1. The number of carbonyl (C=O) groups is 1. The summed E-state index contributed by atoms with van der Waals surface area (Å²) in [5.41, 5.74) is 5.65. The van der Waals surface area contributed by atoms with Crippen molar-refractivity contribution in [1.82, 2.24) is 4.90 Å². The van der Waals surface area contributed by atoms with Gasteiger partial charge in [-0.25, -0.2) is 0 Å². The van der Waals surface area contributed by atoms with E-state index in [0.717, 1.165) is 0 Å². The molecule has 2 saturated heterocycles. The molecule has 74 valence electrons. The second-order valence-corrected chi connectivity index (χ2v) is 5.85. The average Bonchev–Trinajstić information content (AvgIpc) is 2.33. The molecular weight excluding hydrogens is 188 g/mol. The lowest BCUT2D eigenvalue weighted by molar-refractivity contribution is -0.148. The largest absolute Gasteiger partial charge is 0.394 e. The zero-order chi connectivity index (χ0) is 9.80. The van der Waals surface area contributed by atoms with Crippen molar-refractivity contribution in [3.8, 4) is 0 Å².